The quantitative estimate of drug-likeness (QED) is 0.621. The van der Waals surface area contributed by atoms with Crippen molar-refractivity contribution in [1.82, 2.24) is 15.5 Å². The number of carbonyl (C=O) groups is 1. The van der Waals surface area contributed by atoms with E-state index in [9.17, 15) is 14.3 Å². The van der Waals surface area contributed by atoms with Gasteiger partial charge >= 0.3 is 0 Å². The Labute approximate surface area is 173 Å². The minimum atomic E-state index is -0.635. The van der Waals surface area contributed by atoms with E-state index in [0.29, 0.717) is 30.8 Å². The molecule has 2 atom stereocenters. The van der Waals surface area contributed by atoms with E-state index in [4.69, 9.17) is 4.99 Å². The number of H-pyrrole nitrogens is 1. The van der Waals surface area contributed by atoms with E-state index in [1.54, 1.807) is 24.5 Å². The number of rotatable bonds is 4. The zero-order valence-corrected chi connectivity index (χ0v) is 16.7. The van der Waals surface area contributed by atoms with E-state index in [-0.39, 0.29) is 17.0 Å². The number of allylic oxidation sites excluding steroid dienone is 1. The maximum absolute atomic E-state index is 13.5. The van der Waals surface area contributed by atoms with Crippen molar-refractivity contribution in [1.29, 1.82) is 0 Å². The highest BCUT2D eigenvalue weighted by molar-refractivity contribution is 6.03. The van der Waals surface area contributed by atoms with Gasteiger partial charge in [-0.1, -0.05) is 19.1 Å². The molecule has 3 aliphatic rings. The summed E-state index contributed by atoms with van der Waals surface area (Å²) in [7, 11) is 0. The monoisotopic (exact) mass is 409 g/mol. The van der Waals surface area contributed by atoms with Crippen LogP contribution in [0, 0.1) is 11.2 Å². The van der Waals surface area contributed by atoms with E-state index in [1.165, 1.54) is 12.1 Å². The van der Waals surface area contributed by atoms with Gasteiger partial charge in [0.2, 0.25) is 5.96 Å². The summed E-state index contributed by atoms with van der Waals surface area (Å²) in [4.78, 5) is 18.0. The number of nitrogens with one attached hydrogen (secondary N) is 3. The van der Waals surface area contributed by atoms with Crippen LogP contribution in [0.25, 0.3) is 0 Å². The highest BCUT2D eigenvalue weighted by Gasteiger charge is 2.49. The molecule has 2 aliphatic carbocycles. The SMILES string of the molecule is C[C@@]1(CC2(O)CC2)CC(=O)C2=C(C1)NC(Nc1cn[nH]c1)=N[C@H]2c1ccc(F)cc1. The van der Waals surface area contributed by atoms with Gasteiger partial charge in [0.15, 0.2) is 5.78 Å². The predicted octanol–water partition coefficient (Wildman–Crippen LogP) is 3.20. The molecule has 4 N–H and O–H groups in total. The Balaban J connectivity index is 1.51. The molecule has 0 radical (unpaired) electrons. The molecule has 1 saturated carbocycles. The normalized spacial score (nSPS) is 27.2. The van der Waals surface area contributed by atoms with Gasteiger partial charge in [-0.2, -0.15) is 5.10 Å². The van der Waals surface area contributed by atoms with E-state index in [1.807, 2.05) is 0 Å². The number of halogens is 1. The van der Waals surface area contributed by atoms with Crippen LogP contribution in [-0.2, 0) is 4.79 Å². The largest absolute Gasteiger partial charge is 0.390 e. The Morgan fingerprint density at radius 1 is 1.27 bits per heavy atom. The lowest BCUT2D eigenvalue weighted by Crippen LogP contribution is -2.43. The lowest BCUT2D eigenvalue weighted by molar-refractivity contribution is -0.119. The summed E-state index contributed by atoms with van der Waals surface area (Å²) in [6.07, 6.45) is 6.55. The molecule has 7 nitrogen and oxygen atoms in total. The van der Waals surface area contributed by atoms with Crippen LogP contribution in [0.1, 0.15) is 50.6 Å². The van der Waals surface area contributed by atoms with Gasteiger partial charge in [0.05, 0.1) is 17.5 Å². The predicted molar refractivity (Wildman–Crippen MR) is 110 cm³/mol. The number of benzene rings is 1. The second-order valence-corrected chi connectivity index (χ2v) is 9.05. The van der Waals surface area contributed by atoms with Crippen LogP contribution in [0.15, 0.2) is 52.9 Å². The lowest BCUT2D eigenvalue weighted by atomic mass is 9.68. The molecule has 5 rings (SSSR count). The number of carbonyl (C=O) groups excluding carboxylic acids is 1. The first kappa shape index (κ1) is 19.0. The molecule has 8 heteroatoms. The number of Topliss-reactive ketones (excluding diaryl/α,β-unsaturated/α-hetero) is 1. The Hall–Kier alpha value is -3.00. The van der Waals surface area contributed by atoms with Gasteiger partial charge in [0.1, 0.15) is 11.9 Å². The zero-order valence-electron chi connectivity index (χ0n) is 16.7. The Morgan fingerprint density at radius 3 is 2.70 bits per heavy atom. The summed E-state index contributed by atoms with van der Waals surface area (Å²) in [5.74, 6) is 0.199. The van der Waals surface area contributed by atoms with Crippen molar-refractivity contribution in [3.8, 4) is 0 Å². The fourth-order valence-electron chi connectivity index (χ4n) is 4.68. The molecule has 0 unspecified atom stereocenters. The lowest BCUT2D eigenvalue weighted by Gasteiger charge is -2.40. The fourth-order valence-corrected chi connectivity index (χ4v) is 4.68. The molecular weight excluding hydrogens is 385 g/mol. The van der Waals surface area contributed by atoms with Crippen LogP contribution in [0.4, 0.5) is 10.1 Å². The van der Waals surface area contributed by atoms with Crippen molar-refractivity contribution in [2.75, 3.05) is 5.32 Å². The van der Waals surface area contributed by atoms with Crippen molar-refractivity contribution >= 4 is 17.4 Å². The number of nitrogens with zero attached hydrogens (tertiary/aromatic N) is 2. The number of guanidine groups is 1. The summed E-state index contributed by atoms with van der Waals surface area (Å²) in [5, 5.41) is 23.6. The second kappa shape index (κ2) is 6.77. The fraction of sp³-hybridized carbons (Fsp3) is 0.409. The number of hydrogen-bond donors (Lipinski definition) is 4. The highest BCUT2D eigenvalue weighted by atomic mass is 19.1. The first-order valence-corrected chi connectivity index (χ1v) is 10.2. The average molecular weight is 409 g/mol. The van der Waals surface area contributed by atoms with Crippen molar-refractivity contribution in [2.24, 2.45) is 10.4 Å². The third-order valence-electron chi connectivity index (χ3n) is 6.15. The third-order valence-corrected chi connectivity index (χ3v) is 6.15. The van der Waals surface area contributed by atoms with E-state index in [2.05, 4.69) is 27.8 Å². The third kappa shape index (κ3) is 3.63. The Morgan fingerprint density at radius 2 is 2.03 bits per heavy atom. The average Bonchev–Trinajstić information content (AvgIpc) is 3.17. The van der Waals surface area contributed by atoms with Crippen LogP contribution >= 0.6 is 0 Å². The number of aromatic amines is 1. The molecule has 1 aromatic heterocycles. The number of aliphatic hydroxyl groups is 1. The first-order valence-electron chi connectivity index (χ1n) is 10.2. The minimum Gasteiger partial charge on any atom is -0.390 e. The molecule has 2 heterocycles. The van der Waals surface area contributed by atoms with E-state index < -0.39 is 11.6 Å². The number of aromatic nitrogens is 2. The molecule has 1 aliphatic heterocycles. The van der Waals surface area contributed by atoms with Crippen LogP contribution in [0.5, 0.6) is 0 Å². The van der Waals surface area contributed by atoms with Crippen molar-refractivity contribution in [2.45, 2.75) is 50.7 Å². The zero-order chi connectivity index (χ0) is 20.9. The summed E-state index contributed by atoms with van der Waals surface area (Å²) in [6, 6.07) is 5.59. The minimum absolute atomic E-state index is 0.0240. The molecule has 1 fully saturated rings. The molecule has 30 heavy (non-hydrogen) atoms. The van der Waals surface area contributed by atoms with E-state index >= 15 is 0 Å². The van der Waals surface area contributed by atoms with Crippen molar-refractivity contribution in [3.05, 3.63) is 59.3 Å². The van der Waals surface area contributed by atoms with Crippen molar-refractivity contribution < 1.29 is 14.3 Å². The van der Waals surface area contributed by atoms with Crippen LogP contribution < -0.4 is 10.6 Å². The van der Waals surface area contributed by atoms with Crippen LogP contribution in [0.2, 0.25) is 0 Å². The van der Waals surface area contributed by atoms with Crippen LogP contribution in [0.3, 0.4) is 0 Å². The van der Waals surface area contributed by atoms with E-state index in [0.717, 1.165) is 29.8 Å². The van der Waals surface area contributed by atoms with Gasteiger partial charge in [-0.25, -0.2) is 9.38 Å². The molecule has 0 bridgehead atoms. The van der Waals surface area contributed by atoms with Crippen LogP contribution in [-0.4, -0.2) is 32.6 Å². The standard InChI is InChI=1S/C22H24FN5O2/c1-21(12-22(30)6-7-22)8-16-18(17(29)9-21)19(13-2-4-14(23)5-3-13)28-20(27-16)26-15-10-24-25-11-15/h2-5,10-11,19,30H,6-9,12H2,1H3,(H,24,25)(H2,26,27,28)/t19-,21-/m0/s1. The molecule has 0 saturated heterocycles. The molecular formula is C22H24FN5O2. The number of anilines is 1. The second-order valence-electron chi connectivity index (χ2n) is 9.05. The smallest absolute Gasteiger partial charge is 0.201 e. The summed E-state index contributed by atoms with van der Waals surface area (Å²) >= 11 is 0. The van der Waals surface area contributed by atoms with Gasteiger partial charge < -0.3 is 15.7 Å². The maximum Gasteiger partial charge on any atom is 0.201 e. The summed E-state index contributed by atoms with van der Waals surface area (Å²) in [6.45, 7) is 2.06. The first-order chi connectivity index (χ1) is 14.3. The maximum atomic E-state index is 13.5. The Bertz CT molecular complexity index is 1040. The highest BCUT2D eigenvalue weighted by Crippen LogP contribution is 2.52. The van der Waals surface area contributed by atoms with Gasteiger partial charge in [-0.3, -0.25) is 9.89 Å². The molecule has 156 valence electrons. The molecule has 1 aromatic carbocycles. The molecule has 0 amide bonds. The Kier molecular flexibility index (Phi) is 4.28. The number of ketones is 1. The van der Waals surface area contributed by atoms with Gasteiger partial charge in [0.25, 0.3) is 0 Å². The summed E-state index contributed by atoms with van der Waals surface area (Å²) in [5.41, 5.74) is 1.98. The molecule has 0 spiro atoms. The van der Waals surface area contributed by atoms with Crippen molar-refractivity contribution in [3.63, 3.8) is 0 Å². The van der Waals surface area contributed by atoms with Gasteiger partial charge in [0, 0.05) is 23.9 Å². The van der Waals surface area contributed by atoms with Gasteiger partial charge in [-0.05, 0) is 48.8 Å². The number of hydrogen-bond acceptors (Lipinski definition) is 6. The topological polar surface area (TPSA) is 102 Å². The summed E-state index contributed by atoms with van der Waals surface area (Å²) < 4.78 is 13.5. The molecule has 2 aromatic rings. The number of aliphatic imine (C=N–C) groups is 1. The van der Waals surface area contributed by atoms with Gasteiger partial charge in [-0.15, -0.1) is 0 Å².